The van der Waals surface area contributed by atoms with Gasteiger partial charge in [0, 0.05) is 16.5 Å². The Balaban J connectivity index is 2.66. The lowest BCUT2D eigenvalue weighted by molar-refractivity contribution is 0.415. The molecule has 2 rings (SSSR count). The zero-order chi connectivity index (χ0) is 15.8. The normalized spacial score (nSPS) is 11.6. The van der Waals surface area contributed by atoms with Crippen LogP contribution in [0.4, 0.5) is 0 Å². The molecule has 0 saturated carbocycles. The van der Waals surface area contributed by atoms with Crippen LogP contribution in [0.25, 0.3) is 11.3 Å². The number of rotatable bonds is 2. The number of hydrogen-bond donors (Lipinski definition) is 0. The number of nitrogens with zero attached hydrogens (tertiary/aromatic N) is 2. The van der Waals surface area contributed by atoms with Crippen LogP contribution in [0.5, 0.6) is 5.75 Å². The van der Waals surface area contributed by atoms with E-state index >= 15 is 0 Å². The van der Waals surface area contributed by atoms with Gasteiger partial charge in [0.15, 0.2) is 0 Å². The SMILES string of the molecule is COc1cc(-c2nc(C(C)(C)C)nc(Cl)c2C)ccc1Cl. The number of aromatic nitrogens is 2. The van der Waals surface area contributed by atoms with Crippen molar-refractivity contribution in [3.63, 3.8) is 0 Å². The van der Waals surface area contributed by atoms with E-state index in [1.807, 2.05) is 19.1 Å². The molecule has 0 N–H and O–H groups in total. The van der Waals surface area contributed by atoms with Gasteiger partial charge in [0.2, 0.25) is 0 Å². The zero-order valence-corrected chi connectivity index (χ0v) is 14.3. The molecule has 0 aliphatic carbocycles. The Morgan fingerprint density at radius 3 is 2.33 bits per heavy atom. The zero-order valence-electron chi connectivity index (χ0n) is 12.8. The summed E-state index contributed by atoms with van der Waals surface area (Å²) in [5.41, 5.74) is 2.37. The second kappa shape index (κ2) is 5.82. The first-order valence-corrected chi connectivity index (χ1v) is 7.38. The van der Waals surface area contributed by atoms with Crippen LogP contribution in [-0.4, -0.2) is 17.1 Å². The summed E-state index contributed by atoms with van der Waals surface area (Å²) in [7, 11) is 1.59. The third-order valence-electron chi connectivity index (χ3n) is 3.18. The Morgan fingerprint density at radius 2 is 1.76 bits per heavy atom. The quantitative estimate of drug-likeness (QED) is 0.724. The number of ether oxygens (including phenoxy) is 1. The average molecular weight is 325 g/mol. The van der Waals surface area contributed by atoms with E-state index in [-0.39, 0.29) is 5.41 Å². The van der Waals surface area contributed by atoms with Crippen molar-refractivity contribution in [1.29, 1.82) is 0 Å². The lowest BCUT2D eigenvalue weighted by Gasteiger charge is -2.19. The van der Waals surface area contributed by atoms with Crippen LogP contribution < -0.4 is 4.74 Å². The molecule has 0 spiro atoms. The van der Waals surface area contributed by atoms with E-state index in [0.717, 1.165) is 16.8 Å². The summed E-state index contributed by atoms with van der Waals surface area (Å²) in [4.78, 5) is 9.07. The molecule has 0 atom stereocenters. The fourth-order valence-corrected chi connectivity index (χ4v) is 2.28. The molecule has 0 aliphatic heterocycles. The second-order valence-electron chi connectivity index (χ2n) is 5.91. The molecule has 0 bridgehead atoms. The number of halogens is 2. The van der Waals surface area contributed by atoms with Gasteiger partial charge in [0.05, 0.1) is 17.8 Å². The second-order valence-corrected chi connectivity index (χ2v) is 6.68. The van der Waals surface area contributed by atoms with Crippen LogP contribution in [0.3, 0.4) is 0 Å². The lowest BCUT2D eigenvalue weighted by atomic mass is 9.95. The highest BCUT2D eigenvalue weighted by Gasteiger charge is 2.21. The van der Waals surface area contributed by atoms with Crippen molar-refractivity contribution in [2.45, 2.75) is 33.1 Å². The van der Waals surface area contributed by atoms with Crippen molar-refractivity contribution in [2.75, 3.05) is 7.11 Å². The highest BCUT2D eigenvalue weighted by molar-refractivity contribution is 6.32. The fourth-order valence-electron chi connectivity index (χ4n) is 1.91. The van der Waals surface area contributed by atoms with Crippen molar-refractivity contribution in [3.05, 3.63) is 39.8 Å². The maximum absolute atomic E-state index is 6.27. The van der Waals surface area contributed by atoms with E-state index < -0.39 is 0 Å². The largest absolute Gasteiger partial charge is 0.495 e. The lowest BCUT2D eigenvalue weighted by Crippen LogP contribution is -2.17. The van der Waals surface area contributed by atoms with Crippen LogP contribution in [-0.2, 0) is 5.41 Å². The molecule has 0 radical (unpaired) electrons. The summed E-state index contributed by atoms with van der Waals surface area (Å²) in [5, 5.41) is 1.04. The molecular formula is C16H18Cl2N2O. The van der Waals surface area contributed by atoms with Crippen molar-refractivity contribution >= 4 is 23.2 Å². The highest BCUT2D eigenvalue weighted by atomic mass is 35.5. The van der Waals surface area contributed by atoms with Crippen LogP contribution >= 0.6 is 23.2 Å². The van der Waals surface area contributed by atoms with Crippen molar-refractivity contribution in [3.8, 4) is 17.0 Å². The van der Waals surface area contributed by atoms with Gasteiger partial charge in [-0.05, 0) is 19.1 Å². The monoisotopic (exact) mass is 324 g/mol. The van der Waals surface area contributed by atoms with E-state index in [2.05, 4.69) is 30.7 Å². The maximum Gasteiger partial charge on any atom is 0.138 e. The maximum atomic E-state index is 6.27. The first kappa shape index (κ1) is 16.1. The van der Waals surface area contributed by atoms with Gasteiger partial charge in [-0.25, -0.2) is 9.97 Å². The molecular weight excluding hydrogens is 307 g/mol. The van der Waals surface area contributed by atoms with Gasteiger partial charge in [-0.15, -0.1) is 0 Å². The molecule has 0 aliphatic rings. The molecule has 0 amide bonds. The summed E-state index contributed by atoms with van der Waals surface area (Å²) in [5.74, 6) is 1.32. The molecule has 0 saturated heterocycles. The van der Waals surface area contributed by atoms with Gasteiger partial charge in [-0.1, -0.05) is 50.0 Å². The van der Waals surface area contributed by atoms with E-state index in [1.165, 1.54) is 0 Å². The molecule has 21 heavy (non-hydrogen) atoms. The minimum absolute atomic E-state index is 0.178. The summed E-state index contributed by atoms with van der Waals surface area (Å²) >= 11 is 12.3. The Hall–Kier alpha value is -1.32. The first-order valence-electron chi connectivity index (χ1n) is 6.62. The summed E-state index contributed by atoms with van der Waals surface area (Å²) in [6.07, 6.45) is 0. The Kier molecular flexibility index (Phi) is 4.45. The first-order chi connectivity index (χ1) is 9.74. The van der Waals surface area contributed by atoms with Crippen LogP contribution in [0, 0.1) is 6.92 Å². The van der Waals surface area contributed by atoms with E-state index in [9.17, 15) is 0 Å². The van der Waals surface area contributed by atoms with E-state index in [4.69, 9.17) is 27.9 Å². The Bertz CT molecular complexity index is 679. The molecule has 0 unspecified atom stereocenters. The molecule has 5 heteroatoms. The number of benzene rings is 1. The fraction of sp³-hybridized carbons (Fsp3) is 0.375. The Morgan fingerprint density at radius 1 is 1.10 bits per heavy atom. The van der Waals surface area contributed by atoms with Crippen molar-refractivity contribution in [2.24, 2.45) is 0 Å². The minimum Gasteiger partial charge on any atom is -0.495 e. The van der Waals surface area contributed by atoms with Crippen molar-refractivity contribution < 1.29 is 4.74 Å². The van der Waals surface area contributed by atoms with Gasteiger partial charge in [0.25, 0.3) is 0 Å². The summed E-state index contributed by atoms with van der Waals surface area (Å²) in [6, 6.07) is 5.56. The molecule has 112 valence electrons. The summed E-state index contributed by atoms with van der Waals surface area (Å²) in [6.45, 7) is 8.08. The molecule has 1 aromatic carbocycles. The van der Waals surface area contributed by atoms with E-state index in [1.54, 1.807) is 13.2 Å². The third-order valence-corrected chi connectivity index (χ3v) is 3.86. The molecule has 3 nitrogen and oxygen atoms in total. The third kappa shape index (κ3) is 3.30. The van der Waals surface area contributed by atoms with Gasteiger partial charge < -0.3 is 4.74 Å². The van der Waals surface area contributed by atoms with Crippen molar-refractivity contribution in [1.82, 2.24) is 9.97 Å². The molecule has 1 heterocycles. The van der Waals surface area contributed by atoms with Gasteiger partial charge in [-0.2, -0.15) is 0 Å². The predicted molar refractivity (Wildman–Crippen MR) is 87.5 cm³/mol. The molecule has 0 fully saturated rings. The molecule has 1 aromatic heterocycles. The number of hydrogen-bond acceptors (Lipinski definition) is 3. The minimum atomic E-state index is -0.178. The topological polar surface area (TPSA) is 35.0 Å². The summed E-state index contributed by atoms with van der Waals surface area (Å²) < 4.78 is 5.27. The van der Waals surface area contributed by atoms with Crippen LogP contribution in [0.2, 0.25) is 10.2 Å². The average Bonchev–Trinajstić information content (AvgIpc) is 2.41. The van der Waals surface area contributed by atoms with Gasteiger partial charge in [-0.3, -0.25) is 0 Å². The van der Waals surface area contributed by atoms with Crippen LogP contribution in [0.1, 0.15) is 32.2 Å². The van der Waals surface area contributed by atoms with Crippen LogP contribution in [0.15, 0.2) is 18.2 Å². The molecule has 2 aromatic rings. The van der Waals surface area contributed by atoms with Gasteiger partial charge in [0.1, 0.15) is 16.7 Å². The standard InChI is InChI=1S/C16H18Cl2N2O/c1-9-13(10-6-7-11(17)12(8-10)21-5)19-15(16(2,3)4)20-14(9)18/h6-8H,1-5H3. The highest BCUT2D eigenvalue weighted by Crippen LogP contribution is 2.33. The Labute approximate surface area is 135 Å². The smallest absolute Gasteiger partial charge is 0.138 e. The van der Waals surface area contributed by atoms with E-state index in [0.29, 0.717) is 21.7 Å². The predicted octanol–water partition coefficient (Wildman–Crippen LogP) is 5.06. The van der Waals surface area contributed by atoms with Gasteiger partial charge >= 0.3 is 0 Å². The number of methoxy groups -OCH3 is 1.